The maximum Gasteiger partial charge on any atom is 0.132 e. The second-order valence-electron chi connectivity index (χ2n) is 4.56. The molecule has 6 heteroatoms. The molecule has 6 nitrogen and oxygen atoms in total. The van der Waals surface area contributed by atoms with E-state index in [0.29, 0.717) is 18.9 Å². The molecule has 0 unspecified atom stereocenters. The molecule has 0 saturated heterocycles. The Morgan fingerprint density at radius 3 is 2.33 bits per heavy atom. The predicted octanol–water partition coefficient (Wildman–Crippen LogP) is 2.16. The molecule has 0 radical (unpaired) electrons. The fourth-order valence-corrected chi connectivity index (χ4v) is 1.99. The average Bonchev–Trinajstić information content (AvgIpc) is 2.89. The third kappa shape index (κ3) is 3.95. The standard InChI is InChI=1S/C15H21N3O3/c1-3-9-18-15(14(10-19)16-17-18)11-21-13-7-5-12(6-8-13)20-4-2/h5-8,19H,3-4,9-11H2,1-2H3. The zero-order chi connectivity index (χ0) is 15.1. The summed E-state index contributed by atoms with van der Waals surface area (Å²) in [5, 5.41) is 17.3. The van der Waals surface area contributed by atoms with E-state index < -0.39 is 0 Å². The largest absolute Gasteiger partial charge is 0.494 e. The van der Waals surface area contributed by atoms with Gasteiger partial charge >= 0.3 is 0 Å². The molecule has 0 atom stereocenters. The van der Waals surface area contributed by atoms with E-state index in [1.807, 2.05) is 31.2 Å². The van der Waals surface area contributed by atoms with E-state index in [9.17, 15) is 5.11 Å². The normalized spacial score (nSPS) is 10.6. The second-order valence-corrected chi connectivity index (χ2v) is 4.56. The number of benzene rings is 1. The molecule has 0 aliphatic heterocycles. The third-order valence-corrected chi connectivity index (χ3v) is 3.01. The molecule has 1 aromatic heterocycles. The zero-order valence-electron chi connectivity index (χ0n) is 12.5. The molecule has 0 aliphatic carbocycles. The summed E-state index contributed by atoms with van der Waals surface area (Å²) in [6.45, 7) is 5.61. The van der Waals surface area contributed by atoms with Gasteiger partial charge in [0.1, 0.15) is 29.5 Å². The van der Waals surface area contributed by atoms with E-state index in [-0.39, 0.29) is 6.61 Å². The molecule has 0 amide bonds. The minimum absolute atomic E-state index is 0.133. The lowest BCUT2D eigenvalue weighted by Gasteiger charge is -2.10. The number of rotatable bonds is 8. The second kappa shape index (κ2) is 7.64. The van der Waals surface area contributed by atoms with Gasteiger partial charge in [0.05, 0.1) is 13.2 Å². The Kier molecular flexibility index (Phi) is 5.57. The molecule has 0 fully saturated rings. The van der Waals surface area contributed by atoms with Crippen molar-refractivity contribution in [3.63, 3.8) is 0 Å². The average molecular weight is 291 g/mol. The topological polar surface area (TPSA) is 69.4 Å². The lowest BCUT2D eigenvalue weighted by molar-refractivity contribution is 0.261. The first kappa shape index (κ1) is 15.3. The van der Waals surface area contributed by atoms with Gasteiger partial charge in [-0.1, -0.05) is 12.1 Å². The van der Waals surface area contributed by atoms with E-state index in [1.54, 1.807) is 4.68 Å². The lowest BCUT2D eigenvalue weighted by Crippen LogP contribution is -2.09. The van der Waals surface area contributed by atoms with Gasteiger partial charge in [-0.05, 0) is 37.6 Å². The van der Waals surface area contributed by atoms with Crippen molar-refractivity contribution in [1.29, 1.82) is 0 Å². The van der Waals surface area contributed by atoms with Crippen molar-refractivity contribution in [1.82, 2.24) is 15.0 Å². The van der Waals surface area contributed by atoms with Crippen LogP contribution < -0.4 is 9.47 Å². The van der Waals surface area contributed by atoms with E-state index in [4.69, 9.17) is 9.47 Å². The smallest absolute Gasteiger partial charge is 0.132 e. The number of ether oxygens (including phenoxy) is 2. The van der Waals surface area contributed by atoms with Crippen LogP contribution in [0.2, 0.25) is 0 Å². The fraction of sp³-hybridized carbons (Fsp3) is 0.467. The third-order valence-electron chi connectivity index (χ3n) is 3.01. The van der Waals surface area contributed by atoms with E-state index in [0.717, 1.165) is 30.2 Å². The molecule has 2 rings (SSSR count). The molecule has 0 saturated carbocycles. The van der Waals surface area contributed by atoms with Crippen molar-refractivity contribution >= 4 is 0 Å². The van der Waals surface area contributed by atoms with Crippen LogP contribution in [0.1, 0.15) is 31.7 Å². The number of hydrogen-bond acceptors (Lipinski definition) is 5. The first-order valence-corrected chi connectivity index (χ1v) is 7.16. The van der Waals surface area contributed by atoms with E-state index in [1.165, 1.54) is 0 Å². The van der Waals surface area contributed by atoms with Gasteiger partial charge < -0.3 is 14.6 Å². The molecule has 0 aliphatic rings. The molecule has 1 N–H and O–H groups in total. The Morgan fingerprint density at radius 1 is 1.10 bits per heavy atom. The van der Waals surface area contributed by atoms with Gasteiger partial charge in [-0.2, -0.15) is 0 Å². The van der Waals surface area contributed by atoms with Crippen molar-refractivity contribution < 1.29 is 14.6 Å². The maximum atomic E-state index is 9.30. The van der Waals surface area contributed by atoms with Crippen LogP contribution in [0.3, 0.4) is 0 Å². The summed E-state index contributed by atoms with van der Waals surface area (Å²) < 4.78 is 12.9. The number of hydrogen-bond donors (Lipinski definition) is 1. The molecule has 1 aromatic carbocycles. The van der Waals surface area contributed by atoms with Crippen molar-refractivity contribution in [2.75, 3.05) is 6.61 Å². The van der Waals surface area contributed by atoms with Crippen LogP contribution in [-0.2, 0) is 19.8 Å². The highest BCUT2D eigenvalue weighted by Gasteiger charge is 2.12. The van der Waals surface area contributed by atoms with Gasteiger partial charge in [-0.25, -0.2) is 4.68 Å². The Balaban J connectivity index is 2.03. The highest BCUT2D eigenvalue weighted by atomic mass is 16.5. The van der Waals surface area contributed by atoms with Gasteiger partial charge in [0.15, 0.2) is 0 Å². The number of aromatic nitrogens is 3. The van der Waals surface area contributed by atoms with E-state index in [2.05, 4.69) is 17.2 Å². The maximum absolute atomic E-state index is 9.30. The molecule has 21 heavy (non-hydrogen) atoms. The first-order chi connectivity index (χ1) is 10.3. The van der Waals surface area contributed by atoms with Crippen LogP contribution in [0.4, 0.5) is 0 Å². The van der Waals surface area contributed by atoms with Gasteiger partial charge in [0.25, 0.3) is 0 Å². The zero-order valence-corrected chi connectivity index (χ0v) is 12.5. The molecule has 2 aromatic rings. The van der Waals surface area contributed by atoms with Gasteiger partial charge in [0, 0.05) is 6.54 Å². The Hall–Kier alpha value is -2.08. The van der Waals surface area contributed by atoms with Gasteiger partial charge in [-0.15, -0.1) is 5.10 Å². The summed E-state index contributed by atoms with van der Waals surface area (Å²) in [6.07, 6.45) is 0.949. The van der Waals surface area contributed by atoms with Crippen LogP contribution in [-0.4, -0.2) is 26.7 Å². The summed E-state index contributed by atoms with van der Waals surface area (Å²) in [5.41, 5.74) is 1.38. The minimum Gasteiger partial charge on any atom is -0.494 e. The van der Waals surface area contributed by atoms with Crippen LogP contribution in [0.25, 0.3) is 0 Å². The summed E-state index contributed by atoms with van der Waals surface area (Å²) in [5.74, 6) is 1.56. The Morgan fingerprint density at radius 2 is 1.76 bits per heavy atom. The lowest BCUT2D eigenvalue weighted by atomic mass is 10.3. The highest BCUT2D eigenvalue weighted by Crippen LogP contribution is 2.19. The monoisotopic (exact) mass is 291 g/mol. The highest BCUT2D eigenvalue weighted by molar-refractivity contribution is 5.31. The summed E-state index contributed by atoms with van der Waals surface area (Å²) in [4.78, 5) is 0. The molecule has 114 valence electrons. The quantitative estimate of drug-likeness (QED) is 0.807. The van der Waals surface area contributed by atoms with Crippen LogP contribution in [0.5, 0.6) is 11.5 Å². The molecule has 0 spiro atoms. The first-order valence-electron chi connectivity index (χ1n) is 7.16. The number of aryl methyl sites for hydroxylation is 1. The van der Waals surface area contributed by atoms with Crippen LogP contribution in [0, 0.1) is 0 Å². The molecule has 1 heterocycles. The number of nitrogens with zero attached hydrogens (tertiary/aromatic N) is 3. The number of aliphatic hydroxyl groups is 1. The summed E-state index contributed by atoms with van der Waals surface area (Å²) in [6, 6.07) is 7.45. The van der Waals surface area contributed by atoms with Crippen molar-refractivity contribution in [2.24, 2.45) is 0 Å². The van der Waals surface area contributed by atoms with E-state index >= 15 is 0 Å². The number of aliphatic hydroxyl groups excluding tert-OH is 1. The Labute approximate surface area is 124 Å². The van der Waals surface area contributed by atoms with Crippen molar-refractivity contribution in [3.8, 4) is 11.5 Å². The van der Waals surface area contributed by atoms with Gasteiger partial charge in [0.2, 0.25) is 0 Å². The summed E-state index contributed by atoms with van der Waals surface area (Å²) in [7, 11) is 0. The van der Waals surface area contributed by atoms with Crippen LogP contribution in [0.15, 0.2) is 24.3 Å². The van der Waals surface area contributed by atoms with Crippen molar-refractivity contribution in [2.45, 2.75) is 40.0 Å². The van der Waals surface area contributed by atoms with Crippen LogP contribution >= 0.6 is 0 Å². The fourth-order valence-electron chi connectivity index (χ4n) is 1.99. The SMILES string of the molecule is CCCn1nnc(CO)c1COc1ccc(OCC)cc1. The predicted molar refractivity (Wildman–Crippen MR) is 78.2 cm³/mol. The minimum atomic E-state index is -0.133. The molecule has 0 bridgehead atoms. The Bertz CT molecular complexity index is 552. The molecular formula is C15H21N3O3. The molecular weight excluding hydrogens is 270 g/mol. The summed E-state index contributed by atoms with van der Waals surface area (Å²) >= 11 is 0. The van der Waals surface area contributed by atoms with Crippen molar-refractivity contribution in [3.05, 3.63) is 35.7 Å². The van der Waals surface area contributed by atoms with Gasteiger partial charge in [-0.3, -0.25) is 0 Å².